The maximum absolute atomic E-state index is 4.43. The van der Waals surface area contributed by atoms with Gasteiger partial charge < -0.3 is 10.2 Å². The number of nitrogens with zero attached hydrogens (tertiary/aromatic N) is 3. The van der Waals surface area contributed by atoms with Gasteiger partial charge in [0, 0.05) is 25.7 Å². The fraction of sp³-hybridized carbons (Fsp3) is 0.692. The maximum atomic E-state index is 4.43. The monoisotopic (exact) mass is 236 g/mol. The van der Waals surface area contributed by atoms with Gasteiger partial charge in [-0.25, -0.2) is 9.97 Å². The molecule has 17 heavy (non-hydrogen) atoms. The van der Waals surface area contributed by atoms with Crippen LogP contribution >= 0.6 is 0 Å². The quantitative estimate of drug-likeness (QED) is 0.790. The first-order chi connectivity index (χ1) is 8.24. The first-order valence-electron chi connectivity index (χ1n) is 6.53. The topological polar surface area (TPSA) is 41.1 Å². The molecule has 1 heterocycles. The van der Waals surface area contributed by atoms with Crippen molar-refractivity contribution >= 4 is 11.6 Å². The van der Waals surface area contributed by atoms with Crippen molar-refractivity contribution in [3.05, 3.63) is 11.9 Å². The molecule has 1 aromatic heterocycles. The molecule has 0 radical (unpaired) electrons. The van der Waals surface area contributed by atoms with Crippen LogP contribution in [0.3, 0.4) is 0 Å². The lowest BCUT2D eigenvalue weighted by Crippen LogP contribution is -2.22. The summed E-state index contributed by atoms with van der Waals surface area (Å²) in [7, 11) is 2.10. The summed E-state index contributed by atoms with van der Waals surface area (Å²) in [5.41, 5.74) is 1.24. The summed E-state index contributed by atoms with van der Waals surface area (Å²) < 4.78 is 0. The molecule has 0 spiro atoms. The Labute approximate surface area is 104 Å². The molecule has 0 aromatic carbocycles. The van der Waals surface area contributed by atoms with E-state index < -0.39 is 0 Å². The molecule has 0 saturated heterocycles. The third-order valence-corrected chi connectivity index (χ3v) is 2.69. The number of nitrogens with one attached hydrogen (secondary N) is 1. The van der Waals surface area contributed by atoms with Gasteiger partial charge >= 0.3 is 0 Å². The van der Waals surface area contributed by atoms with E-state index in [0.717, 1.165) is 44.0 Å². The van der Waals surface area contributed by atoms with Crippen LogP contribution in [-0.2, 0) is 6.42 Å². The van der Waals surface area contributed by atoms with Crippen LogP contribution in [0, 0.1) is 0 Å². The van der Waals surface area contributed by atoms with E-state index in [0.29, 0.717) is 0 Å². The molecule has 0 aliphatic heterocycles. The maximum Gasteiger partial charge on any atom is 0.137 e. The second-order valence-electron chi connectivity index (χ2n) is 4.23. The Hall–Kier alpha value is -1.32. The van der Waals surface area contributed by atoms with Crippen LogP contribution in [0.1, 0.15) is 39.2 Å². The molecule has 0 amide bonds. The second kappa shape index (κ2) is 7.09. The van der Waals surface area contributed by atoms with E-state index >= 15 is 0 Å². The molecule has 0 aliphatic rings. The first-order valence-corrected chi connectivity index (χ1v) is 6.53. The highest BCUT2D eigenvalue weighted by Crippen LogP contribution is 2.24. The van der Waals surface area contributed by atoms with Gasteiger partial charge in [-0.2, -0.15) is 0 Å². The molecule has 4 nitrogen and oxygen atoms in total. The van der Waals surface area contributed by atoms with E-state index in [1.807, 2.05) is 0 Å². The molecular weight excluding hydrogens is 212 g/mol. The summed E-state index contributed by atoms with van der Waals surface area (Å²) in [4.78, 5) is 11.0. The van der Waals surface area contributed by atoms with Crippen molar-refractivity contribution in [2.45, 2.75) is 40.0 Å². The number of rotatable bonds is 7. The SMILES string of the molecule is CCCc1c(NCC)ncnc1N(C)CCC. The largest absolute Gasteiger partial charge is 0.370 e. The zero-order valence-corrected chi connectivity index (χ0v) is 11.5. The highest BCUT2D eigenvalue weighted by atomic mass is 15.2. The van der Waals surface area contributed by atoms with Gasteiger partial charge in [-0.15, -0.1) is 0 Å². The molecule has 0 fully saturated rings. The predicted octanol–water partition coefficient (Wildman–Crippen LogP) is 2.71. The summed E-state index contributed by atoms with van der Waals surface area (Å²) in [5.74, 6) is 2.06. The van der Waals surface area contributed by atoms with E-state index in [1.54, 1.807) is 6.33 Å². The van der Waals surface area contributed by atoms with Gasteiger partial charge in [-0.1, -0.05) is 20.3 Å². The lowest BCUT2D eigenvalue weighted by Gasteiger charge is -2.22. The Morgan fingerprint density at radius 1 is 1.18 bits per heavy atom. The van der Waals surface area contributed by atoms with Crippen molar-refractivity contribution in [2.75, 3.05) is 30.4 Å². The summed E-state index contributed by atoms with van der Waals surface area (Å²) in [6.45, 7) is 8.38. The van der Waals surface area contributed by atoms with Crippen molar-refractivity contribution in [3.63, 3.8) is 0 Å². The van der Waals surface area contributed by atoms with Crippen molar-refractivity contribution in [3.8, 4) is 0 Å². The Morgan fingerprint density at radius 3 is 2.53 bits per heavy atom. The zero-order chi connectivity index (χ0) is 12.7. The van der Waals surface area contributed by atoms with E-state index in [1.165, 1.54) is 5.56 Å². The summed E-state index contributed by atoms with van der Waals surface area (Å²) in [5, 5.41) is 3.32. The van der Waals surface area contributed by atoms with Crippen molar-refractivity contribution in [2.24, 2.45) is 0 Å². The Morgan fingerprint density at radius 2 is 1.94 bits per heavy atom. The predicted molar refractivity (Wildman–Crippen MR) is 73.8 cm³/mol. The van der Waals surface area contributed by atoms with Gasteiger partial charge in [0.1, 0.15) is 18.0 Å². The molecule has 0 bridgehead atoms. The van der Waals surface area contributed by atoms with E-state index in [-0.39, 0.29) is 0 Å². The van der Waals surface area contributed by atoms with Crippen LogP contribution in [0.15, 0.2) is 6.33 Å². The van der Waals surface area contributed by atoms with Crippen LogP contribution in [0.4, 0.5) is 11.6 Å². The molecule has 0 unspecified atom stereocenters. The standard InChI is InChI=1S/C13H24N4/c1-5-8-11-12(14-7-3)15-10-16-13(11)17(4)9-6-2/h10H,5-9H2,1-4H3,(H,14,15,16). The molecule has 1 aromatic rings. The van der Waals surface area contributed by atoms with Gasteiger partial charge in [0.2, 0.25) is 0 Å². The van der Waals surface area contributed by atoms with Crippen molar-refractivity contribution < 1.29 is 0 Å². The molecule has 1 N–H and O–H groups in total. The van der Waals surface area contributed by atoms with E-state index in [9.17, 15) is 0 Å². The van der Waals surface area contributed by atoms with E-state index in [4.69, 9.17) is 0 Å². The molecule has 4 heteroatoms. The van der Waals surface area contributed by atoms with Gasteiger partial charge in [0.05, 0.1) is 0 Å². The number of aromatic nitrogens is 2. The lowest BCUT2D eigenvalue weighted by molar-refractivity contribution is 0.811. The highest BCUT2D eigenvalue weighted by molar-refractivity contribution is 5.58. The smallest absolute Gasteiger partial charge is 0.137 e. The normalized spacial score (nSPS) is 10.4. The van der Waals surface area contributed by atoms with Gasteiger partial charge in [0.15, 0.2) is 0 Å². The Kier molecular flexibility index (Phi) is 5.73. The third-order valence-electron chi connectivity index (χ3n) is 2.69. The molecule has 96 valence electrons. The summed E-state index contributed by atoms with van der Waals surface area (Å²) >= 11 is 0. The minimum absolute atomic E-state index is 0.894. The second-order valence-corrected chi connectivity index (χ2v) is 4.23. The average Bonchev–Trinajstić information content (AvgIpc) is 2.32. The fourth-order valence-electron chi connectivity index (χ4n) is 1.97. The average molecular weight is 236 g/mol. The minimum Gasteiger partial charge on any atom is -0.370 e. The number of hydrogen-bond donors (Lipinski definition) is 1. The molecular formula is C13H24N4. The Balaban J connectivity index is 3.04. The van der Waals surface area contributed by atoms with Crippen molar-refractivity contribution in [1.82, 2.24) is 9.97 Å². The fourth-order valence-corrected chi connectivity index (χ4v) is 1.97. The third kappa shape index (κ3) is 3.58. The molecule has 0 aliphatic carbocycles. The Bertz CT molecular complexity index is 338. The molecule has 1 rings (SSSR count). The summed E-state index contributed by atoms with van der Waals surface area (Å²) in [6.07, 6.45) is 4.91. The summed E-state index contributed by atoms with van der Waals surface area (Å²) in [6, 6.07) is 0. The van der Waals surface area contributed by atoms with Crippen LogP contribution in [-0.4, -0.2) is 30.1 Å². The van der Waals surface area contributed by atoms with Gasteiger partial charge in [0.25, 0.3) is 0 Å². The highest BCUT2D eigenvalue weighted by Gasteiger charge is 2.13. The van der Waals surface area contributed by atoms with Crippen LogP contribution in [0.2, 0.25) is 0 Å². The van der Waals surface area contributed by atoms with Gasteiger partial charge in [-0.3, -0.25) is 0 Å². The number of hydrogen-bond acceptors (Lipinski definition) is 4. The lowest BCUT2D eigenvalue weighted by atomic mass is 10.1. The van der Waals surface area contributed by atoms with Gasteiger partial charge in [-0.05, 0) is 19.8 Å². The van der Waals surface area contributed by atoms with Crippen LogP contribution in [0.25, 0.3) is 0 Å². The van der Waals surface area contributed by atoms with Crippen LogP contribution < -0.4 is 10.2 Å². The first kappa shape index (κ1) is 13.7. The minimum atomic E-state index is 0.894. The number of anilines is 2. The van der Waals surface area contributed by atoms with Crippen LogP contribution in [0.5, 0.6) is 0 Å². The van der Waals surface area contributed by atoms with Crippen molar-refractivity contribution in [1.29, 1.82) is 0 Å². The molecule has 0 saturated carbocycles. The zero-order valence-electron chi connectivity index (χ0n) is 11.5. The molecule has 0 atom stereocenters. The van der Waals surface area contributed by atoms with E-state index in [2.05, 4.69) is 48.0 Å².